The zero-order valence-electron chi connectivity index (χ0n) is 12.7. The number of rotatable bonds is 6. The third-order valence-electron chi connectivity index (χ3n) is 4.11. The quantitative estimate of drug-likeness (QED) is 0.788. The zero-order chi connectivity index (χ0) is 15.1. The molecule has 1 aromatic carbocycles. The molecule has 4 heteroatoms. The third-order valence-corrected chi connectivity index (χ3v) is 4.11. The monoisotopic (exact) mass is 297 g/mol. The van der Waals surface area contributed by atoms with E-state index >= 15 is 0 Å². The second-order valence-corrected chi connectivity index (χ2v) is 5.70. The highest BCUT2D eigenvalue weighted by molar-refractivity contribution is 5.22. The molecule has 2 nitrogen and oxygen atoms in total. The molecule has 1 unspecified atom stereocenters. The van der Waals surface area contributed by atoms with Crippen LogP contribution in [0.4, 0.5) is 8.78 Å². The van der Waals surface area contributed by atoms with Crippen molar-refractivity contribution in [3.8, 4) is 0 Å². The summed E-state index contributed by atoms with van der Waals surface area (Å²) in [5.41, 5.74) is 0.352. The van der Waals surface area contributed by atoms with E-state index in [1.165, 1.54) is 25.7 Å². The summed E-state index contributed by atoms with van der Waals surface area (Å²) < 4.78 is 33.3. The summed E-state index contributed by atoms with van der Waals surface area (Å²) in [6.07, 6.45) is 7.35. The van der Waals surface area contributed by atoms with Gasteiger partial charge in [0.15, 0.2) is 11.6 Å². The molecule has 118 valence electrons. The third kappa shape index (κ3) is 4.75. The fourth-order valence-corrected chi connectivity index (χ4v) is 2.94. The zero-order valence-corrected chi connectivity index (χ0v) is 12.7. The second-order valence-electron chi connectivity index (χ2n) is 5.70. The van der Waals surface area contributed by atoms with Gasteiger partial charge in [0.2, 0.25) is 0 Å². The van der Waals surface area contributed by atoms with Gasteiger partial charge in [-0.3, -0.25) is 0 Å². The SMILES string of the molecule is CCNC(COC1CCCCCC1)c1cccc(F)c1F. The molecule has 1 saturated carbocycles. The molecule has 0 spiro atoms. The number of hydrogen-bond donors (Lipinski definition) is 1. The molecular formula is C17H25F2NO. The lowest BCUT2D eigenvalue weighted by atomic mass is 10.1. The largest absolute Gasteiger partial charge is 0.376 e. The number of ether oxygens (including phenoxy) is 1. The van der Waals surface area contributed by atoms with E-state index in [1.54, 1.807) is 12.1 Å². The summed E-state index contributed by atoms with van der Waals surface area (Å²) in [5.74, 6) is -1.57. The van der Waals surface area contributed by atoms with Gasteiger partial charge in [-0.15, -0.1) is 0 Å². The second kappa shape index (κ2) is 8.44. The Labute approximate surface area is 125 Å². The van der Waals surface area contributed by atoms with Gasteiger partial charge in [0, 0.05) is 5.56 Å². The molecule has 1 N–H and O–H groups in total. The van der Waals surface area contributed by atoms with Crippen LogP contribution in [0.3, 0.4) is 0 Å². The average molecular weight is 297 g/mol. The molecule has 1 aliphatic carbocycles. The van der Waals surface area contributed by atoms with Crippen molar-refractivity contribution < 1.29 is 13.5 Å². The highest BCUT2D eigenvalue weighted by Gasteiger charge is 2.20. The van der Waals surface area contributed by atoms with Crippen molar-refractivity contribution in [2.24, 2.45) is 0 Å². The Balaban J connectivity index is 1.99. The van der Waals surface area contributed by atoms with Gasteiger partial charge in [0.25, 0.3) is 0 Å². The molecule has 0 amide bonds. The van der Waals surface area contributed by atoms with Crippen molar-refractivity contribution in [3.05, 3.63) is 35.4 Å². The minimum absolute atomic E-state index is 0.255. The predicted molar refractivity (Wildman–Crippen MR) is 80.2 cm³/mol. The van der Waals surface area contributed by atoms with Crippen LogP contribution in [-0.4, -0.2) is 19.3 Å². The van der Waals surface area contributed by atoms with Crippen molar-refractivity contribution in [1.29, 1.82) is 0 Å². The molecule has 1 aromatic rings. The van der Waals surface area contributed by atoms with Crippen molar-refractivity contribution in [3.63, 3.8) is 0 Å². The molecule has 2 rings (SSSR count). The molecule has 21 heavy (non-hydrogen) atoms. The first-order chi connectivity index (χ1) is 10.2. The van der Waals surface area contributed by atoms with E-state index in [9.17, 15) is 8.78 Å². The van der Waals surface area contributed by atoms with Gasteiger partial charge >= 0.3 is 0 Å². The maximum Gasteiger partial charge on any atom is 0.163 e. The number of halogens is 2. The maximum absolute atomic E-state index is 13.9. The highest BCUT2D eigenvalue weighted by atomic mass is 19.2. The molecule has 1 atom stereocenters. The smallest absolute Gasteiger partial charge is 0.163 e. The maximum atomic E-state index is 13.9. The van der Waals surface area contributed by atoms with Crippen LogP contribution in [0.15, 0.2) is 18.2 Å². The van der Waals surface area contributed by atoms with Gasteiger partial charge in [0.05, 0.1) is 18.8 Å². The molecule has 1 fully saturated rings. The van der Waals surface area contributed by atoms with E-state index in [0.717, 1.165) is 18.9 Å². The number of nitrogens with one attached hydrogen (secondary N) is 1. The normalized spacial score (nSPS) is 18.4. The van der Waals surface area contributed by atoms with E-state index in [4.69, 9.17) is 4.74 Å². The Bertz CT molecular complexity index is 431. The fourth-order valence-electron chi connectivity index (χ4n) is 2.94. The summed E-state index contributed by atoms with van der Waals surface area (Å²) >= 11 is 0. The molecule has 0 radical (unpaired) electrons. The van der Waals surface area contributed by atoms with Crippen molar-refractivity contribution >= 4 is 0 Å². The van der Waals surface area contributed by atoms with Crippen LogP contribution in [0.25, 0.3) is 0 Å². The van der Waals surface area contributed by atoms with E-state index in [-0.39, 0.29) is 12.1 Å². The van der Waals surface area contributed by atoms with Crippen molar-refractivity contribution in [2.45, 2.75) is 57.6 Å². The number of likely N-dealkylation sites (N-methyl/N-ethyl adjacent to an activating group) is 1. The summed E-state index contributed by atoms with van der Waals surface area (Å²) in [6, 6.07) is 4.02. The summed E-state index contributed by atoms with van der Waals surface area (Å²) in [6.45, 7) is 3.03. The van der Waals surface area contributed by atoms with Gasteiger partial charge in [-0.05, 0) is 25.5 Å². The highest BCUT2D eigenvalue weighted by Crippen LogP contribution is 2.23. The number of hydrogen-bond acceptors (Lipinski definition) is 2. The molecule has 0 aliphatic heterocycles. The first-order valence-electron chi connectivity index (χ1n) is 8.01. The van der Waals surface area contributed by atoms with E-state index in [0.29, 0.717) is 18.7 Å². The minimum atomic E-state index is -0.801. The lowest BCUT2D eigenvalue weighted by Gasteiger charge is -2.23. The fraction of sp³-hybridized carbons (Fsp3) is 0.647. The van der Waals surface area contributed by atoms with E-state index in [2.05, 4.69) is 5.32 Å². The van der Waals surface area contributed by atoms with Gasteiger partial charge in [-0.2, -0.15) is 0 Å². The van der Waals surface area contributed by atoms with Crippen LogP contribution < -0.4 is 5.32 Å². The van der Waals surface area contributed by atoms with Gasteiger partial charge in [-0.1, -0.05) is 44.7 Å². The predicted octanol–water partition coefficient (Wildman–Crippen LogP) is 4.35. The molecule has 0 saturated heterocycles. The molecule has 1 aliphatic rings. The van der Waals surface area contributed by atoms with E-state index < -0.39 is 11.6 Å². The Morgan fingerprint density at radius 1 is 1.19 bits per heavy atom. The molecule has 0 bridgehead atoms. The van der Waals surface area contributed by atoms with Crippen LogP contribution in [0.5, 0.6) is 0 Å². The number of benzene rings is 1. The minimum Gasteiger partial charge on any atom is -0.376 e. The standard InChI is InChI=1S/C17H25F2NO/c1-2-20-16(14-10-7-11-15(18)17(14)19)12-21-13-8-5-3-4-6-9-13/h7,10-11,13,16,20H,2-6,8-9,12H2,1H3. The first kappa shape index (κ1) is 16.4. The van der Waals surface area contributed by atoms with Crippen LogP contribution in [0.2, 0.25) is 0 Å². The van der Waals surface area contributed by atoms with Gasteiger partial charge in [0.1, 0.15) is 0 Å². The first-order valence-corrected chi connectivity index (χ1v) is 8.01. The lowest BCUT2D eigenvalue weighted by Crippen LogP contribution is -2.28. The molecule has 0 aromatic heterocycles. The Morgan fingerprint density at radius 2 is 1.90 bits per heavy atom. The molecule has 0 heterocycles. The van der Waals surface area contributed by atoms with Crippen molar-refractivity contribution in [2.75, 3.05) is 13.2 Å². The van der Waals surface area contributed by atoms with Crippen LogP contribution >= 0.6 is 0 Å². The van der Waals surface area contributed by atoms with Crippen molar-refractivity contribution in [1.82, 2.24) is 5.32 Å². The Hall–Kier alpha value is -1.00. The summed E-state index contributed by atoms with van der Waals surface area (Å²) in [5, 5.41) is 3.19. The van der Waals surface area contributed by atoms with Crippen LogP contribution in [0, 0.1) is 11.6 Å². The topological polar surface area (TPSA) is 21.3 Å². The van der Waals surface area contributed by atoms with Gasteiger partial charge < -0.3 is 10.1 Å². The summed E-state index contributed by atoms with van der Waals surface area (Å²) in [4.78, 5) is 0. The van der Waals surface area contributed by atoms with Crippen LogP contribution in [-0.2, 0) is 4.74 Å². The van der Waals surface area contributed by atoms with E-state index in [1.807, 2.05) is 6.92 Å². The molecular weight excluding hydrogens is 272 g/mol. The Morgan fingerprint density at radius 3 is 2.57 bits per heavy atom. The van der Waals surface area contributed by atoms with Crippen LogP contribution in [0.1, 0.15) is 57.1 Å². The van der Waals surface area contributed by atoms with Gasteiger partial charge in [-0.25, -0.2) is 8.78 Å². The summed E-state index contributed by atoms with van der Waals surface area (Å²) in [7, 11) is 0. The lowest BCUT2D eigenvalue weighted by molar-refractivity contribution is 0.0284. The average Bonchev–Trinajstić information content (AvgIpc) is 2.75. The Kier molecular flexibility index (Phi) is 6.58.